The molecule has 20 heavy (non-hydrogen) atoms. The molecule has 0 spiro atoms. The largest absolute Gasteiger partial charge is 0.478 e. The monoisotopic (exact) mass is 284 g/mol. The molecule has 6 heteroatoms. The zero-order valence-electron chi connectivity index (χ0n) is 11.3. The average molecular weight is 284 g/mol. The number of carboxylic acids is 1. The van der Waals surface area contributed by atoms with Crippen LogP contribution < -0.4 is 10.6 Å². The number of aromatic carboxylic acids is 1. The van der Waals surface area contributed by atoms with Crippen LogP contribution in [0.1, 0.15) is 30.1 Å². The smallest absolute Gasteiger partial charge is 0.338 e. The van der Waals surface area contributed by atoms with E-state index in [0.717, 1.165) is 12.5 Å². The van der Waals surface area contributed by atoms with E-state index in [2.05, 4.69) is 0 Å². The molecule has 2 atom stereocenters. The van der Waals surface area contributed by atoms with Gasteiger partial charge in [-0.05, 0) is 24.5 Å². The van der Waals surface area contributed by atoms with E-state index in [1.165, 1.54) is 6.07 Å². The second kappa shape index (κ2) is 5.75. The molecule has 0 amide bonds. The quantitative estimate of drug-likeness (QED) is 0.893. The predicted molar refractivity (Wildman–Crippen MR) is 71.9 cm³/mol. The molecule has 0 bridgehead atoms. The molecule has 0 aromatic heterocycles. The minimum absolute atomic E-state index is 0.0717. The van der Waals surface area contributed by atoms with Crippen molar-refractivity contribution in [2.24, 2.45) is 11.7 Å². The normalized spacial score (nSPS) is 22.9. The molecule has 1 aliphatic heterocycles. The summed E-state index contributed by atoms with van der Waals surface area (Å²) in [6, 6.07) is 2.50. The van der Waals surface area contributed by atoms with Gasteiger partial charge in [0.05, 0.1) is 11.3 Å². The first-order valence-corrected chi connectivity index (χ1v) is 6.67. The Balaban J connectivity index is 2.30. The van der Waals surface area contributed by atoms with E-state index >= 15 is 0 Å². The molecule has 1 heterocycles. The molecule has 1 aromatic carbocycles. The summed E-state index contributed by atoms with van der Waals surface area (Å²) >= 11 is 0. The zero-order valence-corrected chi connectivity index (χ0v) is 11.3. The lowest BCUT2D eigenvalue weighted by molar-refractivity contribution is 0.0690. The molecular formula is C14H18F2N2O2. The maximum Gasteiger partial charge on any atom is 0.338 e. The Morgan fingerprint density at radius 2 is 2.15 bits per heavy atom. The summed E-state index contributed by atoms with van der Waals surface area (Å²) < 4.78 is 27.7. The third-order valence-corrected chi connectivity index (χ3v) is 3.95. The van der Waals surface area contributed by atoms with Gasteiger partial charge in [-0.3, -0.25) is 0 Å². The summed E-state index contributed by atoms with van der Waals surface area (Å²) in [5, 5.41) is 8.77. The second-order valence-electron chi connectivity index (χ2n) is 5.13. The summed E-state index contributed by atoms with van der Waals surface area (Å²) in [6.45, 7) is 3.11. The Morgan fingerprint density at radius 3 is 2.75 bits per heavy atom. The van der Waals surface area contributed by atoms with Gasteiger partial charge in [-0.15, -0.1) is 0 Å². The van der Waals surface area contributed by atoms with Gasteiger partial charge in [-0.1, -0.05) is 13.3 Å². The van der Waals surface area contributed by atoms with E-state index in [0.29, 0.717) is 19.5 Å². The summed E-state index contributed by atoms with van der Waals surface area (Å²) in [5.41, 5.74) is 5.45. The topological polar surface area (TPSA) is 66.6 Å². The number of benzene rings is 1. The molecule has 1 aromatic rings. The Kier molecular flexibility index (Phi) is 4.23. The number of rotatable bonds is 3. The standard InChI is InChI=1S/C14H18F2N2O2/c1-2-8-7-18(6-5-10(8)17)11-4-3-9(14(19)20)12(15)13(11)16/h3-4,8,10H,2,5-7,17H2,1H3,(H,19,20). The van der Waals surface area contributed by atoms with Crippen molar-refractivity contribution in [3.63, 3.8) is 0 Å². The van der Waals surface area contributed by atoms with Crippen molar-refractivity contribution in [2.75, 3.05) is 18.0 Å². The van der Waals surface area contributed by atoms with E-state index in [1.54, 1.807) is 4.90 Å². The number of halogens is 2. The van der Waals surface area contributed by atoms with E-state index in [4.69, 9.17) is 10.8 Å². The van der Waals surface area contributed by atoms with Gasteiger partial charge in [-0.25, -0.2) is 13.6 Å². The van der Waals surface area contributed by atoms with Crippen LogP contribution in [-0.4, -0.2) is 30.2 Å². The molecule has 0 radical (unpaired) electrons. The van der Waals surface area contributed by atoms with E-state index < -0.39 is 23.2 Å². The van der Waals surface area contributed by atoms with Crippen molar-refractivity contribution >= 4 is 11.7 Å². The summed E-state index contributed by atoms with van der Waals surface area (Å²) in [4.78, 5) is 12.5. The van der Waals surface area contributed by atoms with Crippen LogP contribution in [0.2, 0.25) is 0 Å². The predicted octanol–water partition coefficient (Wildman–Crippen LogP) is 2.23. The van der Waals surface area contributed by atoms with Gasteiger partial charge in [0.1, 0.15) is 0 Å². The lowest BCUT2D eigenvalue weighted by Gasteiger charge is -2.38. The minimum Gasteiger partial charge on any atom is -0.478 e. The highest BCUT2D eigenvalue weighted by Gasteiger charge is 2.28. The lowest BCUT2D eigenvalue weighted by Crippen LogP contribution is -2.47. The van der Waals surface area contributed by atoms with Crippen molar-refractivity contribution in [3.8, 4) is 0 Å². The van der Waals surface area contributed by atoms with Crippen LogP contribution in [0.15, 0.2) is 12.1 Å². The molecule has 0 aliphatic carbocycles. The van der Waals surface area contributed by atoms with Gasteiger partial charge in [0.25, 0.3) is 0 Å². The molecule has 110 valence electrons. The maximum absolute atomic E-state index is 14.0. The number of piperidine rings is 1. The molecule has 1 saturated heterocycles. The first-order valence-electron chi connectivity index (χ1n) is 6.67. The highest BCUT2D eigenvalue weighted by Crippen LogP contribution is 2.29. The minimum atomic E-state index is -1.47. The number of nitrogens with two attached hydrogens (primary N) is 1. The molecule has 2 unspecified atom stereocenters. The van der Waals surface area contributed by atoms with Gasteiger partial charge in [-0.2, -0.15) is 0 Å². The number of hydrogen-bond acceptors (Lipinski definition) is 3. The third-order valence-electron chi connectivity index (χ3n) is 3.95. The molecule has 1 aliphatic rings. The summed E-state index contributed by atoms with van der Waals surface area (Å²) in [5.74, 6) is -3.65. The fourth-order valence-corrected chi connectivity index (χ4v) is 2.65. The van der Waals surface area contributed by atoms with Gasteiger partial charge >= 0.3 is 5.97 Å². The fourth-order valence-electron chi connectivity index (χ4n) is 2.65. The third kappa shape index (κ3) is 2.60. The van der Waals surface area contributed by atoms with Crippen LogP contribution >= 0.6 is 0 Å². The van der Waals surface area contributed by atoms with E-state index in [9.17, 15) is 13.6 Å². The van der Waals surface area contributed by atoms with E-state index in [-0.39, 0.29) is 17.6 Å². The fraction of sp³-hybridized carbons (Fsp3) is 0.500. The van der Waals surface area contributed by atoms with Crippen LogP contribution in [0.25, 0.3) is 0 Å². The number of carboxylic acid groups (broad SMARTS) is 1. The number of carbonyl (C=O) groups is 1. The van der Waals surface area contributed by atoms with E-state index in [1.807, 2.05) is 6.92 Å². The van der Waals surface area contributed by atoms with Crippen molar-refractivity contribution < 1.29 is 18.7 Å². The van der Waals surface area contributed by atoms with Crippen molar-refractivity contribution in [1.29, 1.82) is 0 Å². The highest BCUT2D eigenvalue weighted by atomic mass is 19.2. The first kappa shape index (κ1) is 14.7. The Hall–Kier alpha value is -1.69. The van der Waals surface area contributed by atoms with Crippen LogP contribution in [0.5, 0.6) is 0 Å². The van der Waals surface area contributed by atoms with Gasteiger partial charge < -0.3 is 15.7 Å². The molecule has 2 rings (SSSR count). The number of anilines is 1. The first-order chi connectivity index (χ1) is 9.45. The second-order valence-corrected chi connectivity index (χ2v) is 5.13. The Bertz CT molecular complexity index is 522. The molecule has 0 saturated carbocycles. The summed E-state index contributed by atoms with van der Waals surface area (Å²) in [7, 11) is 0. The SMILES string of the molecule is CCC1CN(c2ccc(C(=O)O)c(F)c2F)CCC1N. The van der Waals surface area contributed by atoms with Crippen LogP contribution in [0.3, 0.4) is 0 Å². The molecule has 3 N–H and O–H groups in total. The number of hydrogen-bond donors (Lipinski definition) is 2. The van der Waals surface area contributed by atoms with Crippen LogP contribution in [0.4, 0.5) is 14.5 Å². The van der Waals surface area contributed by atoms with Crippen molar-refractivity contribution in [1.82, 2.24) is 0 Å². The van der Waals surface area contributed by atoms with Crippen LogP contribution in [-0.2, 0) is 0 Å². The lowest BCUT2D eigenvalue weighted by atomic mass is 9.90. The zero-order chi connectivity index (χ0) is 14.9. The average Bonchev–Trinajstić information content (AvgIpc) is 2.42. The van der Waals surface area contributed by atoms with Crippen molar-refractivity contribution in [2.45, 2.75) is 25.8 Å². The van der Waals surface area contributed by atoms with Gasteiger partial charge in [0.2, 0.25) is 0 Å². The van der Waals surface area contributed by atoms with Crippen LogP contribution in [0, 0.1) is 17.6 Å². The molecular weight excluding hydrogens is 266 g/mol. The summed E-state index contributed by atoms with van der Waals surface area (Å²) in [6.07, 6.45) is 1.58. The number of nitrogens with zero attached hydrogens (tertiary/aromatic N) is 1. The molecule has 1 fully saturated rings. The molecule has 4 nitrogen and oxygen atoms in total. The van der Waals surface area contributed by atoms with Crippen molar-refractivity contribution in [3.05, 3.63) is 29.3 Å². The maximum atomic E-state index is 14.0. The Morgan fingerprint density at radius 1 is 1.45 bits per heavy atom. The highest BCUT2D eigenvalue weighted by molar-refractivity contribution is 5.88. The van der Waals surface area contributed by atoms with Gasteiger partial charge in [0, 0.05) is 19.1 Å². The van der Waals surface area contributed by atoms with Gasteiger partial charge in [0.15, 0.2) is 11.6 Å². The Labute approximate surface area is 116 Å².